The van der Waals surface area contributed by atoms with E-state index in [1.807, 2.05) is 24.0 Å². The first-order valence-electron chi connectivity index (χ1n) is 8.75. The number of nitrogens with one attached hydrogen (secondary N) is 1. The maximum atomic E-state index is 12.2. The van der Waals surface area contributed by atoms with Gasteiger partial charge in [0.25, 0.3) is 0 Å². The van der Waals surface area contributed by atoms with Crippen LogP contribution in [0, 0.1) is 0 Å². The summed E-state index contributed by atoms with van der Waals surface area (Å²) in [6, 6.07) is 7.36. The molecular weight excluding hydrogens is 358 g/mol. The molecule has 2 rings (SSSR count). The zero-order valence-corrected chi connectivity index (χ0v) is 15.9. The van der Waals surface area contributed by atoms with E-state index in [4.69, 9.17) is 21.4 Å². The van der Waals surface area contributed by atoms with Gasteiger partial charge in [0.05, 0.1) is 18.1 Å². The Morgan fingerprint density at radius 2 is 2.04 bits per heavy atom. The molecule has 0 aliphatic heterocycles. The Hall–Kier alpha value is -1.99. The van der Waals surface area contributed by atoms with E-state index in [0.717, 1.165) is 12.8 Å². The van der Waals surface area contributed by atoms with Crippen LogP contribution in [0.3, 0.4) is 0 Å². The van der Waals surface area contributed by atoms with Crippen molar-refractivity contribution in [1.29, 1.82) is 0 Å². The highest BCUT2D eigenvalue weighted by atomic mass is 35.5. The Morgan fingerprint density at radius 3 is 2.65 bits per heavy atom. The number of carboxylic acids is 1. The van der Waals surface area contributed by atoms with Gasteiger partial charge in [0.15, 0.2) is 0 Å². The summed E-state index contributed by atoms with van der Waals surface area (Å²) in [4.78, 5) is 26.5. The molecule has 0 atom stereocenters. The van der Waals surface area contributed by atoms with Crippen LogP contribution in [-0.2, 0) is 4.79 Å². The maximum Gasteiger partial charge on any atom is 0.317 e. The Morgan fingerprint density at radius 1 is 1.35 bits per heavy atom. The Labute approximate surface area is 158 Å². The van der Waals surface area contributed by atoms with Crippen molar-refractivity contribution in [2.75, 3.05) is 33.3 Å². The van der Waals surface area contributed by atoms with Crippen molar-refractivity contribution >= 4 is 23.6 Å². The van der Waals surface area contributed by atoms with E-state index in [9.17, 15) is 9.59 Å². The van der Waals surface area contributed by atoms with Crippen LogP contribution in [0.1, 0.15) is 19.8 Å². The van der Waals surface area contributed by atoms with Gasteiger partial charge in [0.2, 0.25) is 0 Å². The molecule has 2 amide bonds. The first-order chi connectivity index (χ1) is 12.4. The van der Waals surface area contributed by atoms with E-state index < -0.39 is 5.97 Å². The van der Waals surface area contributed by atoms with E-state index in [2.05, 4.69) is 5.32 Å². The number of amides is 2. The van der Waals surface area contributed by atoms with Crippen LogP contribution in [0.25, 0.3) is 0 Å². The number of hydrogen-bond donors (Lipinski definition) is 2. The number of carboxylic acid groups (broad SMARTS) is 1. The largest absolute Gasteiger partial charge is 0.490 e. The van der Waals surface area contributed by atoms with Crippen LogP contribution in [0.15, 0.2) is 24.3 Å². The zero-order valence-electron chi connectivity index (χ0n) is 15.2. The Kier molecular flexibility index (Phi) is 7.53. The summed E-state index contributed by atoms with van der Waals surface area (Å²) in [6.45, 7) is 3.47. The minimum Gasteiger partial charge on any atom is -0.490 e. The molecule has 144 valence electrons. The molecular formula is C18H26ClN3O4. The second kappa shape index (κ2) is 9.64. The third kappa shape index (κ3) is 5.78. The van der Waals surface area contributed by atoms with Crippen LogP contribution >= 0.6 is 11.6 Å². The minimum absolute atomic E-state index is 0.0428. The average molecular weight is 384 g/mol. The molecule has 1 aromatic carbocycles. The fourth-order valence-electron chi connectivity index (χ4n) is 2.92. The quantitative estimate of drug-likeness (QED) is 0.683. The molecule has 1 aliphatic rings. The van der Waals surface area contributed by atoms with Crippen LogP contribution < -0.4 is 10.1 Å². The Balaban J connectivity index is 1.67. The highest BCUT2D eigenvalue weighted by Gasteiger charge is 2.35. The second-order valence-electron chi connectivity index (χ2n) is 6.43. The molecule has 0 saturated heterocycles. The first-order valence-corrected chi connectivity index (χ1v) is 9.13. The van der Waals surface area contributed by atoms with Crippen molar-refractivity contribution in [2.24, 2.45) is 0 Å². The molecule has 7 nitrogen and oxygen atoms in total. The van der Waals surface area contributed by atoms with E-state index in [0.29, 0.717) is 30.5 Å². The van der Waals surface area contributed by atoms with Crippen LogP contribution in [0.5, 0.6) is 5.75 Å². The predicted molar refractivity (Wildman–Crippen MR) is 99.8 cm³/mol. The molecule has 26 heavy (non-hydrogen) atoms. The molecule has 2 N–H and O–H groups in total. The topological polar surface area (TPSA) is 82.1 Å². The SMILES string of the molecule is CCN(CC(=O)O)C1CC(NC(=O)N(C)CCOc2ccccc2Cl)C1. The molecule has 0 heterocycles. The van der Waals surface area contributed by atoms with Crippen molar-refractivity contribution in [2.45, 2.75) is 31.8 Å². The molecule has 1 aromatic rings. The molecule has 0 radical (unpaired) electrons. The summed E-state index contributed by atoms with van der Waals surface area (Å²) in [5, 5.41) is 12.4. The first kappa shape index (κ1) is 20.3. The number of halogens is 1. The summed E-state index contributed by atoms with van der Waals surface area (Å²) < 4.78 is 5.59. The van der Waals surface area contributed by atoms with Gasteiger partial charge in [-0.15, -0.1) is 0 Å². The molecule has 8 heteroatoms. The van der Waals surface area contributed by atoms with Gasteiger partial charge in [-0.2, -0.15) is 0 Å². The number of likely N-dealkylation sites (N-methyl/N-ethyl adjacent to an activating group) is 2. The molecule has 1 fully saturated rings. The molecule has 1 aliphatic carbocycles. The van der Waals surface area contributed by atoms with Gasteiger partial charge >= 0.3 is 12.0 Å². The number of aliphatic carboxylic acids is 1. The Bertz CT molecular complexity index is 622. The lowest BCUT2D eigenvalue weighted by Gasteiger charge is -2.42. The van der Waals surface area contributed by atoms with Gasteiger partial charge in [0, 0.05) is 19.1 Å². The summed E-state index contributed by atoms with van der Waals surface area (Å²) in [7, 11) is 1.71. The highest BCUT2D eigenvalue weighted by Crippen LogP contribution is 2.26. The summed E-state index contributed by atoms with van der Waals surface area (Å²) in [5.41, 5.74) is 0. The van der Waals surface area contributed by atoms with E-state index in [-0.39, 0.29) is 24.7 Å². The lowest BCUT2D eigenvalue weighted by molar-refractivity contribution is -0.139. The number of para-hydroxylation sites is 1. The summed E-state index contributed by atoms with van der Waals surface area (Å²) >= 11 is 6.02. The predicted octanol–water partition coefficient (Wildman–Crippen LogP) is 2.30. The fraction of sp³-hybridized carbons (Fsp3) is 0.556. The number of hydrogen-bond acceptors (Lipinski definition) is 4. The van der Waals surface area contributed by atoms with Gasteiger partial charge in [-0.3, -0.25) is 9.69 Å². The maximum absolute atomic E-state index is 12.2. The van der Waals surface area contributed by atoms with Crippen molar-refractivity contribution in [3.8, 4) is 5.75 Å². The number of nitrogens with zero attached hydrogens (tertiary/aromatic N) is 2. The smallest absolute Gasteiger partial charge is 0.317 e. The van der Waals surface area contributed by atoms with Gasteiger partial charge in [-0.05, 0) is 31.5 Å². The number of carbonyl (C=O) groups is 2. The van der Waals surface area contributed by atoms with Crippen molar-refractivity contribution in [3.63, 3.8) is 0 Å². The summed E-state index contributed by atoms with van der Waals surface area (Å²) in [6.07, 6.45) is 1.55. The van der Waals surface area contributed by atoms with Gasteiger partial charge in [-0.1, -0.05) is 30.7 Å². The molecule has 0 spiro atoms. The van der Waals surface area contributed by atoms with E-state index in [1.54, 1.807) is 24.1 Å². The highest BCUT2D eigenvalue weighted by molar-refractivity contribution is 6.32. The van der Waals surface area contributed by atoms with Crippen molar-refractivity contribution in [1.82, 2.24) is 15.1 Å². The van der Waals surface area contributed by atoms with Crippen molar-refractivity contribution < 1.29 is 19.4 Å². The molecule has 0 aromatic heterocycles. The lowest BCUT2D eigenvalue weighted by Crippen LogP contribution is -2.56. The second-order valence-corrected chi connectivity index (χ2v) is 6.84. The van der Waals surface area contributed by atoms with Crippen LogP contribution in [-0.4, -0.2) is 72.3 Å². The number of ether oxygens (including phenoxy) is 1. The van der Waals surface area contributed by atoms with E-state index >= 15 is 0 Å². The van der Waals surface area contributed by atoms with Crippen LogP contribution in [0.2, 0.25) is 5.02 Å². The number of urea groups is 1. The van der Waals surface area contributed by atoms with Gasteiger partial charge in [-0.25, -0.2) is 4.79 Å². The molecule has 1 saturated carbocycles. The van der Waals surface area contributed by atoms with Gasteiger partial charge in [0.1, 0.15) is 12.4 Å². The van der Waals surface area contributed by atoms with E-state index in [1.165, 1.54) is 0 Å². The standard InChI is InChI=1S/C18H26ClN3O4/c1-3-22(12-17(23)24)14-10-13(11-14)20-18(25)21(2)8-9-26-16-7-5-4-6-15(16)19/h4-7,13-14H,3,8-12H2,1-2H3,(H,20,25)(H,23,24). The van der Waals surface area contributed by atoms with Gasteiger partial charge < -0.3 is 20.1 Å². The van der Waals surface area contributed by atoms with Crippen molar-refractivity contribution in [3.05, 3.63) is 29.3 Å². The zero-order chi connectivity index (χ0) is 19.1. The molecule has 0 unspecified atom stereocenters. The van der Waals surface area contributed by atoms with Crippen LogP contribution in [0.4, 0.5) is 4.79 Å². The monoisotopic (exact) mass is 383 g/mol. The third-order valence-corrected chi connectivity index (χ3v) is 4.88. The number of rotatable bonds is 9. The molecule has 0 bridgehead atoms. The average Bonchev–Trinajstić information content (AvgIpc) is 2.57. The third-order valence-electron chi connectivity index (χ3n) is 4.57. The number of benzene rings is 1. The summed E-state index contributed by atoms with van der Waals surface area (Å²) in [5.74, 6) is -0.222. The number of carbonyl (C=O) groups excluding carboxylic acids is 1. The lowest BCUT2D eigenvalue weighted by atomic mass is 9.85. The fourth-order valence-corrected chi connectivity index (χ4v) is 3.11. The normalized spacial score (nSPS) is 18.9. The minimum atomic E-state index is -0.822.